The van der Waals surface area contributed by atoms with Gasteiger partial charge in [-0.05, 0) is 84.0 Å². The summed E-state index contributed by atoms with van der Waals surface area (Å²) in [7, 11) is -3.19. The molecule has 18 nitrogen and oxygen atoms in total. The zero-order valence-electron chi connectivity index (χ0n) is 42.5. The summed E-state index contributed by atoms with van der Waals surface area (Å²) in [6.07, 6.45) is 6.53. The second-order valence-electron chi connectivity index (χ2n) is 20.6. The first kappa shape index (κ1) is 51.4. The zero-order chi connectivity index (χ0) is 52.7. The molecule has 0 unspecified atom stereocenters. The van der Waals surface area contributed by atoms with E-state index in [9.17, 15) is 23.3 Å². The van der Waals surface area contributed by atoms with Gasteiger partial charge in [0.2, 0.25) is 0 Å². The number of hydrogen-bond donors (Lipinski definition) is 3. The molecule has 4 aromatic carbocycles. The number of carbonyl (C=O) groups excluding carboxylic acids is 1. The number of amides is 1. The molecule has 3 aromatic heterocycles. The number of pyridine rings is 1. The van der Waals surface area contributed by atoms with E-state index in [2.05, 4.69) is 80.3 Å². The van der Waals surface area contributed by atoms with Gasteiger partial charge in [-0.15, -0.1) is 11.3 Å². The van der Waals surface area contributed by atoms with Crippen molar-refractivity contribution < 1.29 is 41.5 Å². The van der Waals surface area contributed by atoms with Crippen molar-refractivity contribution >= 4 is 65.6 Å². The Balaban J connectivity index is 0.821. The second-order valence-corrected chi connectivity index (χ2v) is 23.1. The van der Waals surface area contributed by atoms with Gasteiger partial charge in [0.25, 0.3) is 21.6 Å². The Kier molecular flexibility index (Phi) is 14.4. The highest BCUT2D eigenvalue weighted by atomic mass is 32.2. The number of methoxy groups -OCH3 is 1. The number of halogens is 1. The lowest BCUT2D eigenvalue weighted by atomic mass is 9.59. The fourth-order valence-electron chi connectivity index (χ4n) is 11.6. The van der Waals surface area contributed by atoms with Crippen molar-refractivity contribution in [1.82, 2.24) is 29.5 Å². The van der Waals surface area contributed by atoms with E-state index in [0.29, 0.717) is 49.3 Å². The van der Waals surface area contributed by atoms with Crippen molar-refractivity contribution in [2.24, 2.45) is 5.41 Å². The monoisotopic (exact) mass is 1070 g/mol. The van der Waals surface area contributed by atoms with Crippen molar-refractivity contribution in [1.29, 1.82) is 0 Å². The molecule has 6 heterocycles. The van der Waals surface area contributed by atoms with Gasteiger partial charge in [0.15, 0.2) is 0 Å². The highest BCUT2D eigenvalue weighted by Gasteiger charge is 2.50. The van der Waals surface area contributed by atoms with Crippen molar-refractivity contribution in [2.75, 3.05) is 76.4 Å². The van der Waals surface area contributed by atoms with Crippen LogP contribution in [0, 0.1) is 21.3 Å². The van der Waals surface area contributed by atoms with E-state index < -0.39 is 48.9 Å². The van der Waals surface area contributed by atoms with Gasteiger partial charge in [0.05, 0.1) is 65.6 Å². The summed E-state index contributed by atoms with van der Waals surface area (Å²) in [6, 6.07) is 24.6. The van der Waals surface area contributed by atoms with Crippen LogP contribution in [0.4, 0.5) is 21.5 Å². The number of nitrogens with one attached hydrogen (secondary N) is 3. The third kappa shape index (κ3) is 10.4. The molecule has 76 heavy (non-hydrogen) atoms. The third-order valence-electron chi connectivity index (χ3n) is 15.6. The summed E-state index contributed by atoms with van der Waals surface area (Å²) in [5.74, 6) is -0.611. The van der Waals surface area contributed by atoms with Crippen LogP contribution < -0.4 is 24.4 Å². The van der Waals surface area contributed by atoms with E-state index in [-0.39, 0.29) is 57.7 Å². The van der Waals surface area contributed by atoms with E-state index in [0.717, 1.165) is 81.1 Å². The normalized spacial score (nSPS) is 19.5. The number of fused-ring (bicyclic) bond motifs is 2. The number of nitro benzene ring substituents is 1. The standard InChI is InChI=1S/C55H60FN9O9S2/c1-34(2)41-6-4-5-7-42(41)47-31-62(30-35-8-10-38(71-3)11-9-35)18-19-64(47)37-26-55(27-37)13-16-63(17-14-55)45-24-48(74-39-22-36-12-15-57-53(36)59-28-39)43(23-44(45)56)54(66)61-76(69,70)49-25-46(65(67)68)50(52-51(49)60-33-75-52)58-29-40-32-72-20-21-73-40/h4-12,15,22-25,28,33-34,37,40,47,58H,13-14,16-21,26-27,29-32H2,1-3H3,(H,57,59)(H,61,66)/t40-,47-/m0/s1. The maximum absolute atomic E-state index is 16.7. The van der Waals surface area contributed by atoms with Crippen LogP contribution in [0.1, 0.15) is 78.5 Å². The lowest BCUT2D eigenvalue weighted by Crippen LogP contribution is -2.60. The van der Waals surface area contributed by atoms with E-state index in [1.807, 2.05) is 21.8 Å². The van der Waals surface area contributed by atoms with Crippen LogP contribution in [0.15, 0.2) is 102 Å². The number of sulfonamides is 1. The lowest BCUT2D eigenvalue weighted by Gasteiger charge is -2.58. The number of rotatable bonds is 16. The average Bonchev–Trinajstić information content (AvgIpc) is 4.13. The Labute approximate surface area is 443 Å². The van der Waals surface area contributed by atoms with Crippen LogP contribution in [-0.2, 0) is 26.0 Å². The Hall–Kier alpha value is -6.75. The highest BCUT2D eigenvalue weighted by Crippen LogP contribution is 2.54. The van der Waals surface area contributed by atoms with Crippen molar-refractivity contribution in [3.63, 3.8) is 0 Å². The molecule has 4 aliphatic rings. The smallest absolute Gasteiger partial charge is 0.295 e. The van der Waals surface area contributed by atoms with E-state index in [1.165, 1.54) is 34.5 Å². The van der Waals surface area contributed by atoms with Crippen molar-refractivity contribution in [3.05, 3.63) is 135 Å². The summed E-state index contributed by atoms with van der Waals surface area (Å²) < 4.78 is 70.3. The van der Waals surface area contributed by atoms with Crippen molar-refractivity contribution in [2.45, 2.75) is 75.1 Å². The number of anilines is 2. The fourth-order valence-corrected chi connectivity index (χ4v) is 13.6. The molecule has 0 bridgehead atoms. The van der Waals surface area contributed by atoms with Crippen LogP contribution in [0.2, 0.25) is 0 Å². The Morgan fingerprint density at radius 3 is 2.57 bits per heavy atom. The third-order valence-corrected chi connectivity index (χ3v) is 17.8. The number of aromatic amines is 1. The molecule has 1 spiro atoms. The number of ether oxygens (including phenoxy) is 4. The molecule has 2 atom stereocenters. The summed E-state index contributed by atoms with van der Waals surface area (Å²) in [4.78, 5) is 44.4. The molecule has 21 heteroatoms. The number of benzene rings is 4. The molecule has 4 fully saturated rings. The topological polar surface area (TPSA) is 207 Å². The van der Waals surface area contributed by atoms with Gasteiger partial charge < -0.3 is 34.1 Å². The fraction of sp³-hybridized carbons (Fsp3) is 0.400. The van der Waals surface area contributed by atoms with E-state index in [4.69, 9.17) is 18.9 Å². The molecule has 1 saturated carbocycles. The first-order valence-corrected chi connectivity index (χ1v) is 28.1. The van der Waals surface area contributed by atoms with Crippen LogP contribution in [0.3, 0.4) is 0 Å². The maximum Gasteiger partial charge on any atom is 0.295 e. The van der Waals surface area contributed by atoms with E-state index >= 15 is 4.39 Å². The molecule has 3 N–H and O–H groups in total. The Bertz CT molecular complexity index is 3390. The summed E-state index contributed by atoms with van der Waals surface area (Å²) in [6.45, 7) is 10.6. The first-order chi connectivity index (χ1) is 36.7. The van der Waals surface area contributed by atoms with Gasteiger partial charge in [-0.3, -0.25) is 24.7 Å². The highest BCUT2D eigenvalue weighted by molar-refractivity contribution is 7.90. The van der Waals surface area contributed by atoms with Gasteiger partial charge >= 0.3 is 0 Å². The Morgan fingerprint density at radius 1 is 1.01 bits per heavy atom. The molecular weight excluding hydrogens is 1010 g/mol. The number of piperidine rings is 1. The minimum atomic E-state index is -4.88. The molecule has 1 amide bonds. The number of aromatic nitrogens is 3. The Morgan fingerprint density at radius 2 is 1.82 bits per heavy atom. The molecule has 398 valence electrons. The molecule has 1 aliphatic carbocycles. The molecule has 0 radical (unpaired) electrons. The number of nitrogens with zero attached hydrogens (tertiary/aromatic N) is 6. The van der Waals surface area contributed by atoms with Crippen LogP contribution in [0.25, 0.3) is 21.3 Å². The summed E-state index contributed by atoms with van der Waals surface area (Å²) in [5.41, 5.74) is 5.28. The average molecular weight is 1070 g/mol. The summed E-state index contributed by atoms with van der Waals surface area (Å²) in [5, 5.41) is 16.2. The molecule has 11 rings (SSSR count). The minimum absolute atomic E-state index is 0.0523. The van der Waals surface area contributed by atoms with Crippen LogP contribution >= 0.6 is 11.3 Å². The molecule has 3 saturated heterocycles. The van der Waals surface area contributed by atoms with Gasteiger partial charge in [-0.1, -0.05) is 50.2 Å². The SMILES string of the molecule is COc1ccc(CN2CCN(C3CC4(CCN(c5cc(Oc6cnc7[nH]ccc7c6)c(C(=O)NS(=O)(=O)c6cc([N+](=O)[O-])c(NC[C@H]7COCCO7)c7scnc67)cc5F)CC4)C3)[C@H](c3ccccc3C(C)C)C2)cc1. The molecule has 3 aliphatic heterocycles. The summed E-state index contributed by atoms with van der Waals surface area (Å²) >= 11 is 0.996. The van der Waals surface area contributed by atoms with Gasteiger partial charge in [0.1, 0.15) is 44.8 Å². The van der Waals surface area contributed by atoms with Crippen LogP contribution in [0.5, 0.6) is 17.2 Å². The number of nitro groups is 1. The predicted molar refractivity (Wildman–Crippen MR) is 288 cm³/mol. The zero-order valence-corrected chi connectivity index (χ0v) is 44.1. The molecule has 7 aromatic rings. The molecular formula is C55H60FN9O9S2. The quantitative estimate of drug-likeness (QED) is 0.0609. The number of carbonyl (C=O) groups is 1. The van der Waals surface area contributed by atoms with Gasteiger partial charge in [-0.2, -0.15) is 0 Å². The van der Waals surface area contributed by atoms with Crippen LogP contribution in [-0.4, -0.2) is 122 Å². The number of piperazine rings is 1. The number of H-pyrrole nitrogens is 1. The first-order valence-electron chi connectivity index (χ1n) is 25.7. The van der Waals surface area contributed by atoms with E-state index in [1.54, 1.807) is 25.4 Å². The lowest BCUT2D eigenvalue weighted by molar-refractivity contribution is -0.384. The van der Waals surface area contributed by atoms with Gasteiger partial charge in [0, 0.05) is 81.6 Å². The largest absolute Gasteiger partial charge is 0.497 e. The number of hydrogen-bond acceptors (Lipinski definition) is 16. The predicted octanol–water partition coefficient (Wildman–Crippen LogP) is 9.40. The number of thiazole rings is 1. The maximum atomic E-state index is 16.7. The van der Waals surface area contributed by atoms with Crippen molar-refractivity contribution in [3.8, 4) is 17.2 Å². The second kappa shape index (κ2) is 21.3. The minimum Gasteiger partial charge on any atom is -0.497 e. The van der Waals surface area contributed by atoms with Gasteiger partial charge in [-0.25, -0.2) is 27.5 Å².